The standard InChI is InChI=1S/C12H20N2O5/c1-17-7-4-13-10(15)11(16)14-5-2-12(3-6-14)18-8-9-19-12/h2-9H2,1H3,(H,13,15). The Morgan fingerprint density at radius 3 is 2.47 bits per heavy atom. The molecule has 19 heavy (non-hydrogen) atoms. The van der Waals surface area contributed by atoms with Crippen molar-refractivity contribution in [2.45, 2.75) is 18.6 Å². The van der Waals surface area contributed by atoms with Gasteiger partial charge in [0.2, 0.25) is 0 Å². The van der Waals surface area contributed by atoms with E-state index < -0.39 is 17.6 Å². The first-order valence-electron chi connectivity index (χ1n) is 6.51. The Kier molecular flexibility index (Phi) is 4.73. The Morgan fingerprint density at radius 1 is 1.26 bits per heavy atom. The summed E-state index contributed by atoms with van der Waals surface area (Å²) in [6.45, 7) is 2.90. The van der Waals surface area contributed by atoms with E-state index in [-0.39, 0.29) is 0 Å². The summed E-state index contributed by atoms with van der Waals surface area (Å²) < 4.78 is 16.0. The van der Waals surface area contributed by atoms with Gasteiger partial charge in [-0.1, -0.05) is 0 Å². The van der Waals surface area contributed by atoms with Crippen LogP contribution in [-0.4, -0.2) is 69.1 Å². The zero-order valence-electron chi connectivity index (χ0n) is 11.1. The van der Waals surface area contributed by atoms with Crippen molar-refractivity contribution >= 4 is 11.8 Å². The van der Waals surface area contributed by atoms with Crippen LogP contribution >= 0.6 is 0 Å². The van der Waals surface area contributed by atoms with Gasteiger partial charge >= 0.3 is 11.8 Å². The zero-order chi connectivity index (χ0) is 13.7. The largest absolute Gasteiger partial charge is 0.383 e. The average Bonchev–Trinajstić information content (AvgIpc) is 2.87. The number of piperidine rings is 1. The predicted molar refractivity (Wildman–Crippen MR) is 65.3 cm³/mol. The van der Waals surface area contributed by atoms with E-state index in [2.05, 4.69) is 5.32 Å². The van der Waals surface area contributed by atoms with Crippen LogP contribution in [0.4, 0.5) is 0 Å². The third-order valence-electron chi connectivity index (χ3n) is 3.41. The van der Waals surface area contributed by atoms with Crippen molar-refractivity contribution in [2.75, 3.05) is 46.6 Å². The second-order valence-corrected chi connectivity index (χ2v) is 4.65. The molecule has 7 nitrogen and oxygen atoms in total. The molecular weight excluding hydrogens is 252 g/mol. The van der Waals surface area contributed by atoms with Crippen LogP contribution in [-0.2, 0) is 23.8 Å². The van der Waals surface area contributed by atoms with E-state index in [9.17, 15) is 9.59 Å². The molecule has 0 saturated carbocycles. The molecule has 7 heteroatoms. The summed E-state index contributed by atoms with van der Waals surface area (Å²) in [5, 5.41) is 2.52. The summed E-state index contributed by atoms with van der Waals surface area (Å²) in [5.41, 5.74) is 0. The number of rotatable bonds is 3. The second-order valence-electron chi connectivity index (χ2n) is 4.65. The van der Waals surface area contributed by atoms with Crippen molar-refractivity contribution in [3.05, 3.63) is 0 Å². The maximum Gasteiger partial charge on any atom is 0.311 e. The summed E-state index contributed by atoms with van der Waals surface area (Å²) in [5.74, 6) is -1.60. The molecule has 2 fully saturated rings. The molecule has 0 aliphatic carbocycles. The van der Waals surface area contributed by atoms with Crippen LogP contribution in [0.5, 0.6) is 0 Å². The number of nitrogens with one attached hydrogen (secondary N) is 1. The van der Waals surface area contributed by atoms with Crippen LogP contribution in [0, 0.1) is 0 Å². The molecule has 1 N–H and O–H groups in total. The number of methoxy groups -OCH3 is 1. The molecule has 0 aromatic carbocycles. The minimum absolute atomic E-state index is 0.338. The van der Waals surface area contributed by atoms with Crippen LogP contribution in [0.3, 0.4) is 0 Å². The molecule has 0 radical (unpaired) electrons. The first-order chi connectivity index (χ1) is 9.17. The SMILES string of the molecule is COCCNC(=O)C(=O)N1CCC2(CC1)OCCO2. The second kappa shape index (κ2) is 6.31. The lowest BCUT2D eigenvalue weighted by atomic mass is 10.0. The molecule has 0 atom stereocenters. The van der Waals surface area contributed by atoms with E-state index in [1.165, 1.54) is 0 Å². The normalized spacial score (nSPS) is 21.6. The van der Waals surface area contributed by atoms with Crippen molar-refractivity contribution in [3.63, 3.8) is 0 Å². The van der Waals surface area contributed by atoms with Gasteiger partial charge in [-0.15, -0.1) is 0 Å². The van der Waals surface area contributed by atoms with E-state index in [1.54, 1.807) is 12.0 Å². The Balaban J connectivity index is 1.77. The lowest BCUT2D eigenvalue weighted by molar-refractivity contribution is -0.188. The highest BCUT2D eigenvalue weighted by molar-refractivity contribution is 6.35. The first-order valence-corrected chi connectivity index (χ1v) is 6.51. The molecule has 1 spiro atoms. The van der Waals surface area contributed by atoms with Crippen molar-refractivity contribution < 1.29 is 23.8 Å². The summed E-state index contributed by atoms with van der Waals surface area (Å²) in [6, 6.07) is 0. The van der Waals surface area contributed by atoms with Gasteiger partial charge in [0.05, 0.1) is 19.8 Å². The van der Waals surface area contributed by atoms with Gasteiger partial charge in [0.1, 0.15) is 0 Å². The first kappa shape index (κ1) is 14.2. The van der Waals surface area contributed by atoms with Crippen molar-refractivity contribution in [1.29, 1.82) is 0 Å². The Hall–Kier alpha value is -1.18. The molecular formula is C12H20N2O5. The van der Waals surface area contributed by atoms with Gasteiger partial charge in [0, 0.05) is 39.6 Å². The molecule has 2 aliphatic rings. The lowest BCUT2D eigenvalue weighted by Gasteiger charge is -2.37. The molecule has 2 heterocycles. The molecule has 2 amide bonds. The maximum atomic E-state index is 11.9. The number of ether oxygens (including phenoxy) is 3. The number of carbonyl (C=O) groups is 2. The monoisotopic (exact) mass is 272 g/mol. The fraction of sp³-hybridized carbons (Fsp3) is 0.833. The number of carbonyl (C=O) groups excluding carboxylic acids is 2. The van der Waals surface area contributed by atoms with Crippen LogP contribution in [0.15, 0.2) is 0 Å². The number of nitrogens with zero attached hydrogens (tertiary/aromatic N) is 1. The fourth-order valence-corrected chi connectivity index (χ4v) is 2.32. The fourth-order valence-electron chi connectivity index (χ4n) is 2.32. The Morgan fingerprint density at radius 2 is 1.89 bits per heavy atom. The number of likely N-dealkylation sites (tertiary alicyclic amines) is 1. The summed E-state index contributed by atoms with van der Waals surface area (Å²) in [4.78, 5) is 25.0. The van der Waals surface area contributed by atoms with E-state index in [0.717, 1.165) is 0 Å². The highest BCUT2D eigenvalue weighted by Gasteiger charge is 2.41. The molecule has 0 aromatic rings. The molecule has 2 saturated heterocycles. The summed E-state index contributed by atoms with van der Waals surface area (Å²) in [6.07, 6.45) is 1.23. The van der Waals surface area contributed by atoms with Crippen LogP contribution in [0.2, 0.25) is 0 Å². The van der Waals surface area contributed by atoms with Crippen molar-refractivity contribution in [1.82, 2.24) is 10.2 Å². The van der Waals surface area contributed by atoms with E-state index in [0.29, 0.717) is 52.3 Å². The van der Waals surface area contributed by atoms with E-state index in [4.69, 9.17) is 14.2 Å². The highest BCUT2D eigenvalue weighted by atomic mass is 16.7. The van der Waals surface area contributed by atoms with Gasteiger partial charge in [0.15, 0.2) is 5.79 Å². The van der Waals surface area contributed by atoms with E-state index in [1.807, 2.05) is 0 Å². The third-order valence-corrected chi connectivity index (χ3v) is 3.41. The molecule has 0 bridgehead atoms. The van der Waals surface area contributed by atoms with Crippen LogP contribution in [0.25, 0.3) is 0 Å². The summed E-state index contributed by atoms with van der Waals surface area (Å²) in [7, 11) is 1.54. The van der Waals surface area contributed by atoms with Crippen molar-refractivity contribution in [3.8, 4) is 0 Å². The van der Waals surface area contributed by atoms with Gasteiger partial charge in [-0.05, 0) is 0 Å². The van der Waals surface area contributed by atoms with Crippen LogP contribution in [0.1, 0.15) is 12.8 Å². The Bertz CT molecular complexity index is 331. The molecule has 2 aliphatic heterocycles. The molecule has 108 valence electrons. The minimum atomic E-state index is -0.582. The molecule has 0 aromatic heterocycles. The van der Waals surface area contributed by atoms with Gasteiger partial charge in [-0.3, -0.25) is 9.59 Å². The Labute approximate surface area is 112 Å². The zero-order valence-corrected chi connectivity index (χ0v) is 11.1. The number of hydrogen-bond acceptors (Lipinski definition) is 5. The number of hydrogen-bond donors (Lipinski definition) is 1. The quantitative estimate of drug-likeness (QED) is 0.533. The van der Waals surface area contributed by atoms with Gasteiger partial charge in [0.25, 0.3) is 0 Å². The number of amides is 2. The topological polar surface area (TPSA) is 77.1 Å². The van der Waals surface area contributed by atoms with Gasteiger partial charge < -0.3 is 24.4 Å². The summed E-state index contributed by atoms with van der Waals surface area (Å²) >= 11 is 0. The van der Waals surface area contributed by atoms with Crippen molar-refractivity contribution in [2.24, 2.45) is 0 Å². The maximum absolute atomic E-state index is 11.9. The highest BCUT2D eigenvalue weighted by Crippen LogP contribution is 2.31. The van der Waals surface area contributed by atoms with E-state index >= 15 is 0 Å². The minimum Gasteiger partial charge on any atom is -0.383 e. The van der Waals surface area contributed by atoms with Gasteiger partial charge in [-0.25, -0.2) is 0 Å². The predicted octanol–water partition coefficient (Wildman–Crippen LogP) is -0.885. The van der Waals surface area contributed by atoms with Crippen LogP contribution < -0.4 is 5.32 Å². The average molecular weight is 272 g/mol. The smallest absolute Gasteiger partial charge is 0.311 e. The lowest BCUT2D eigenvalue weighted by Crippen LogP contribution is -2.51. The third kappa shape index (κ3) is 3.43. The molecule has 0 unspecified atom stereocenters. The van der Waals surface area contributed by atoms with Gasteiger partial charge in [-0.2, -0.15) is 0 Å². The molecule has 2 rings (SSSR count).